The summed E-state index contributed by atoms with van der Waals surface area (Å²) in [6.07, 6.45) is 3.94. The van der Waals surface area contributed by atoms with Crippen LogP contribution in [0.4, 0.5) is 17.6 Å². The van der Waals surface area contributed by atoms with Crippen molar-refractivity contribution in [2.45, 2.75) is 38.0 Å². The van der Waals surface area contributed by atoms with Crippen LogP contribution in [0.15, 0.2) is 62.8 Å². The van der Waals surface area contributed by atoms with Gasteiger partial charge in [0, 0.05) is 52.3 Å². The Hall–Kier alpha value is -2.72. The fraction of sp³-hybridized carbons (Fsp3) is 0.318. The summed E-state index contributed by atoms with van der Waals surface area (Å²) >= 11 is 7.70. The lowest BCUT2D eigenvalue weighted by Crippen LogP contribution is -2.36. The zero-order valence-corrected chi connectivity index (χ0v) is 19.1. The van der Waals surface area contributed by atoms with Crippen LogP contribution in [-0.2, 0) is 0 Å². The zero-order chi connectivity index (χ0) is 23.8. The van der Waals surface area contributed by atoms with Crippen molar-refractivity contribution in [3.8, 4) is 0 Å². The number of amidine groups is 1. The number of nitrogens with two attached hydrogens (primary N) is 1. The van der Waals surface area contributed by atoms with Crippen molar-refractivity contribution in [1.29, 1.82) is 0 Å². The summed E-state index contributed by atoms with van der Waals surface area (Å²) in [5.74, 6) is -0.104. The average Bonchev–Trinajstić information content (AvgIpc) is 3.42. The molecule has 0 saturated carbocycles. The number of hydrogen-bond donors (Lipinski definition) is 1. The van der Waals surface area contributed by atoms with Gasteiger partial charge in [0.05, 0.1) is 6.54 Å². The molecule has 1 unspecified atom stereocenters. The van der Waals surface area contributed by atoms with Gasteiger partial charge in [-0.3, -0.25) is 4.99 Å². The minimum atomic E-state index is -2.95. The number of allylic oxidation sites excluding steroid dienone is 1. The Morgan fingerprint density at radius 2 is 2.24 bits per heavy atom. The lowest BCUT2D eigenvalue weighted by molar-refractivity contribution is 0.160. The molecule has 4 rings (SSSR count). The third-order valence-electron chi connectivity index (χ3n) is 5.67. The molecular formula is C22H20ClF4N5S. The van der Waals surface area contributed by atoms with Gasteiger partial charge < -0.3 is 10.6 Å². The molecule has 0 bridgehead atoms. The molecule has 174 valence electrons. The van der Waals surface area contributed by atoms with Crippen LogP contribution in [0.1, 0.15) is 36.4 Å². The number of nitrogens with zero attached hydrogens (tertiary/aromatic N) is 4. The van der Waals surface area contributed by atoms with Crippen LogP contribution in [0.25, 0.3) is 0 Å². The summed E-state index contributed by atoms with van der Waals surface area (Å²) in [4.78, 5) is 14.0. The van der Waals surface area contributed by atoms with E-state index in [9.17, 15) is 13.2 Å². The Balaban J connectivity index is 1.97. The Morgan fingerprint density at radius 1 is 1.45 bits per heavy atom. The molecule has 2 aliphatic heterocycles. The van der Waals surface area contributed by atoms with Gasteiger partial charge in [0.2, 0.25) is 0 Å². The smallest absolute Gasteiger partial charge is 0.331 e. The van der Waals surface area contributed by atoms with E-state index in [1.807, 2.05) is 0 Å². The highest BCUT2D eigenvalue weighted by Crippen LogP contribution is 2.48. The van der Waals surface area contributed by atoms with Crippen molar-refractivity contribution in [2.75, 3.05) is 6.54 Å². The SMILES string of the molecule is CCC1(F)CC2=C(C(C=NC(F)F)=CN)[C@H](c3ccc(F)cc3Cl)N=C(c3nccs3)N2C1. The molecule has 33 heavy (non-hydrogen) atoms. The molecule has 2 N–H and O–H groups in total. The quantitative estimate of drug-likeness (QED) is 0.318. The molecule has 11 heteroatoms. The Kier molecular flexibility index (Phi) is 6.58. The van der Waals surface area contributed by atoms with Gasteiger partial charge in [-0.15, -0.1) is 11.3 Å². The summed E-state index contributed by atoms with van der Waals surface area (Å²) < 4.78 is 55.2. The van der Waals surface area contributed by atoms with E-state index < -0.39 is 24.1 Å². The first-order chi connectivity index (χ1) is 15.8. The molecule has 1 aromatic heterocycles. The van der Waals surface area contributed by atoms with E-state index in [1.54, 1.807) is 23.4 Å². The summed E-state index contributed by atoms with van der Waals surface area (Å²) in [7, 11) is 0. The highest BCUT2D eigenvalue weighted by molar-refractivity contribution is 7.11. The number of thiazole rings is 1. The highest BCUT2D eigenvalue weighted by Gasteiger charge is 2.47. The van der Waals surface area contributed by atoms with Gasteiger partial charge in [-0.1, -0.05) is 24.6 Å². The van der Waals surface area contributed by atoms with Gasteiger partial charge in [0.1, 0.15) is 17.5 Å². The second kappa shape index (κ2) is 9.26. The molecule has 1 fully saturated rings. The topological polar surface area (TPSA) is 66.9 Å². The van der Waals surface area contributed by atoms with E-state index >= 15 is 4.39 Å². The van der Waals surface area contributed by atoms with Crippen LogP contribution in [0.5, 0.6) is 0 Å². The molecule has 5 nitrogen and oxygen atoms in total. The monoisotopic (exact) mass is 497 g/mol. The number of hydrogen-bond acceptors (Lipinski definition) is 6. The van der Waals surface area contributed by atoms with Crippen molar-refractivity contribution < 1.29 is 17.6 Å². The summed E-state index contributed by atoms with van der Waals surface area (Å²) in [6.45, 7) is -1.19. The first-order valence-electron chi connectivity index (χ1n) is 10.1. The zero-order valence-electron chi connectivity index (χ0n) is 17.5. The second-order valence-corrected chi connectivity index (χ2v) is 8.97. The molecular weight excluding hydrogens is 478 g/mol. The number of alkyl halides is 3. The van der Waals surface area contributed by atoms with E-state index in [2.05, 4.69) is 9.98 Å². The van der Waals surface area contributed by atoms with Gasteiger partial charge in [-0.05, 0) is 24.1 Å². The van der Waals surface area contributed by atoms with Crippen LogP contribution in [0.3, 0.4) is 0 Å². The molecule has 1 saturated heterocycles. The molecule has 0 radical (unpaired) electrons. The van der Waals surface area contributed by atoms with Crippen LogP contribution >= 0.6 is 22.9 Å². The minimum absolute atomic E-state index is 0.0123. The summed E-state index contributed by atoms with van der Waals surface area (Å²) in [5.41, 5.74) is 5.74. The van der Waals surface area contributed by atoms with Crippen molar-refractivity contribution in [2.24, 2.45) is 15.7 Å². The maximum atomic E-state index is 15.6. The summed E-state index contributed by atoms with van der Waals surface area (Å²) in [5, 5.41) is 2.43. The molecule has 0 spiro atoms. The average molecular weight is 498 g/mol. The Labute approximate surface area is 197 Å². The number of aromatic nitrogens is 1. The maximum Gasteiger partial charge on any atom is 0.331 e. The van der Waals surface area contributed by atoms with Gasteiger partial charge in [-0.2, -0.15) is 8.78 Å². The van der Waals surface area contributed by atoms with Gasteiger partial charge in [-0.25, -0.2) is 18.8 Å². The minimum Gasteiger partial charge on any atom is -0.404 e. The molecule has 3 heterocycles. The molecule has 2 aliphatic rings. The predicted molar refractivity (Wildman–Crippen MR) is 122 cm³/mol. The molecule has 2 atom stereocenters. The number of rotatable bonds is 6. The van der Waals surface area contributed by atoms with Crippen LogP contribution < -0.4 is 5.73 Å². The first-order valence-corrected chi connectivity index (χ1v) is 11.4. The van der Waals surface area contributed by atoms with E-state index in [-0.39, 0.29) is 30.0 Å². The molecule has 2 aromatic rings. The lowest BCUT2D eigenvalue weighted by atomic mass is 9.88. The van der Waals surface area contributed by atoms with Crippen molar-refractivity contribution >= 4 is 35.0 Å². The van der Waals surface area contributed by atoms with Crippen LogP contribution in [-0.4, -0.2) is 40.7 Å². The largest absolute Gasteiger partial charge is 0.404 e. The van der Waals surface area contributed by atoms with Crippen molar-refractivity contribution in [1.82, 2.24) is 9.88 Å². The fourth-order valence-corrected chi connectivity index (χ4v) is 4.95. The summed E-state index contributed by atoms with van der Waals surface area (Å²) in [6, 6.07) is 2.98. The third kappa shape index (κ3) is 4.54. The highest BCUT2D eigenvalue weighted by atomic mass is 35.5. The van der Waals surface area contributed by atoms with Crippen molar-refractivity contribution in [3.63, 3.8) is 0 Å². The molecule has 1 aromatic carbocycles. The number of halogens is 5. The van der Waals surface area contributed by atoms with Gasteiger partial charge >= 0.3 is 6.55 Å². The van der Waals surface area contributed by atoms with Gasteiger partial charge in [0.15, 0.2) is 10.8 Å². The number of fused-ring (bicyclic) bond motifs is 1. The maximum absolute atomic E-state index is 15.6. The van der Waals surface area contributed by atoms with E-state index in [1.165, 1.54) is 23.5 Å². The fourth-order valence-electron chi connectivity index (χ4n) is 4.04. The number of aliphatic imine (C=N–C) groups is 2. The van der Waals surface area contributed by atoms with Crippen LogP contribution in [0.2, 0.25) is 5.02 Å². The van der Waals surface area contributed by atoms with Crippen LogP contribution in [0, 0.1) is 5.82 Å². The molecule has 0 amide bonds. The normalized spacial score (nSPS) is 23.6. The molecule has 0 aliphatic carbocycles. The van der Waals surface area contributed by atoms with E-state index in [4.69, 9.17) is 22.3 Å². The Morgan fingerprint density at radius 3 is 2.85 bits per heavy atom. The third-order valence-corrected chi connectivity index (χ3v) is 6.77. The Bertz CT molecular complexity index is 1160. The number of benzene rings is 1. The lowest BCUT2D eigenvalue weighted by Gasteiger charge is -2.33. The van der Waals surface area contributed by atoms with Gasteiger partial charge in [0.25, 0.3) is 0 Å². The second-order valence-electron chi connectivity index (χ2n) is 7.66. The standard InChI is InChI=1S/C22H20ClF4N5S/c1-2-22(27)8-16-17(12(9-28)10-30-21(25)26)18(14-4-3-13(24)7-15(14)23)31-19(32(16)11-22)20-29-5-6-33-20/h3-7,9-10,18,21H,2,8,11,28H2,1H3/t18-,22?/m0/s1. The van der Waals surface area contributed by atoms with E-state index in [0.29, 0.717) is 27.7 Å². The first kappa shape index (κ1) is 23.4. The predicted octanol–water partition coefficient (Wildman–Crippen LogP) is 5.65. The van der Waals surface area contributed by atoms with E-state index in [0.717, 1.165) is 18.5 Å². The van der Waals surface area contributed by atoms with Crippen molar-refractivity contribution in [3.05, 3.63) is 74.2 Å².